The number of amides is 2. The maximum atomic E-state index is 12.6. The zero-order chi connectivity index (χ0) is 18.1. The Labute approximate surface area is 156 Å². The highest BCUT2D eigenvalue weighted by molar-refractivity contribution is 7.21. The highest BCUT2D eigenvalue weighted by atomic mass is 32.1. The number of carbonyl (C=O) groups is 1. The number of pyridine rings is 1. The number of aromatic nitrogens is 2. The van der Waals surface area contributed by atoms with E-state index >= 15 is 0 Å². The van der Waals surface area contributed by atoms with E-state index in [1.807, 2.05) is 36.1 Å². The van der Waals surface area contributed by atoms with Crippen molar-refractivity contribution in [1.82, 2.24) is 14.9 Å². The minimum atomic E-state index is -0.0377. The van der Waals surface area contributed by atoms with E-state index in [0.717, 1.165) is 39.8 Å². The van der Waals surface area contributed by atoms with E-state index in [2.05, 4.69) is 33.2 Å². The maximum Gasteiger partial charge on any atom is 0.321 e. The monoisotopic (exact) mass is 367 g/mol. The molecule has 0 saturated carbocycles. The van der Waals surface area contributed by atoms with Gasteiger partial charge in [0.1, 0.15) is 10.3 Å². The van der Waals surface area contributed by atoms with Crippen LogP contribution in [0.3, 0.4) is 0 Å². The summed E-state index contributed by atoms with van der Waals surface area (Å²) in [5, 5.41) is 4.02. The Morgan fingerprint density at radius 3 is 2.69 bits per heavy atom. The lowest BCUT2D eigenvalue weighted by Gasteiger charge is -2.34. The van der Waals surface area contributed by atoms with Gasteiger partial charge in [-0.25, -0.2) is 14.8 Å². The molecule has 26 heavy (non-hydrogen) atoms. The lowest BCUT2D eigenvalue weighted by Crippen LogP contribution is -2.50. The van der Waals surface area contributed by atoms with Gasteiger partial charge in [0, 0.05) is 38.1 Å². The Bertz CT molecular complexity index is 913. The third-order valence-electron chi connectivity index (χ3n) is 4.84. The number of rotatable bonds is 2. The molecule has 1 aliphatic rings. The SMILES string of the molecule is Cc1cccc(NC(=O)N2CCN(c3nc4cccnc4s3)CC2)c1C. The van der Waals surface area contributed by atoms with Gasteiger partial charge in [-0.1, -0.05) is 23.5 Å². The van der Waals surface area contributed by atoms with E-state index in [1.54, 1.807) is 17.5 Å². The predicted octanol–water partition coefficient (Wildman–Crippen LogP) is 3.66. The van der Waals surface area contributed by atoms with Crippen molar-refractivity contribution in [2.24, 2.45) is 0 Å². The van der Waals surface area contributed by atoms with E-state index < -0.39 is 0 Å². The number of hydrogen-bond acceptors (Lipinski definition) is 5. The van der Waals surface area contributed by atoms with Crippen LogP contribution in [0.2, 0.25) is 0 Å². The van der Waals surface area contributed by atoms with E-state index in [-0.39, 0.29) is 6.03 Å². The number of nitrogens with zero attached hydrogens (tertiary/aromatic N) is 4. The van der Waals surface area contributed by atoms with Crippen molar-refractivity contribution in [1.29, 1.82) is 0 Å². The van der Waals surface area contributed by atoms with E-state index in [4.69, 9.17) is 0 Å². The smallest absolute Gasteiger partial charge is 0.321 e. The maximum absolute atomic E-state index is 12.6. The van der Waals surface area contributed by atoms with Crippen molar-refractivity contribution in [3.63, 3.8) is 0 Å². The normalized spacial score (nSPS) is 14.7. The molecule has 2 aromatic heterocycles. The number of piperazine rings is 1. The zero-order valence-electron chi connectivity index (χ0n) is 14.9. The second-order valence-electron chi connectivity index (χ2n) is 6.48. The van der Waals surface area contributed by atoms with E-state index in [1.165, 1.54) is 5.56 Å². The average Bonchev–Trinajstić information content (AvgIpc) is 3.10. The van der Waals surface area contributed by atoms with Gasteiger partial charge in [-0.2, -0.15) is 0 Å². The van der Waals surface area contributed by atoms with Gasteiger partial charge >= 0.3 is 6.03 Å². The molecule has 1 aromatic carbocycles. The average molecular weight is 367 g/mol. The largest absolute Gasteiger partial charge is 0.344 e. The first-order valence-electron chi connectivity index (χ1n) is 8.70. The molecular weight excluding hydrogens is 346 g/mol. The molecule has 7 heteroatoms. The molecule has 0 spiro atoms. The van der Waals surface area contributed by atoms with Crippen LogP contribution in [0.4, 0.5) is 15.6 Å². The minimum Gasteiger partial charge on any atom is -0.344 e. The topological polar surface area (TPSA) is 61.4 Å². The summed E-state index contributed by atoms with van der Waals surface area (Å²) in [6, 6.07) is 9.82. The molecule has 0 radical (unpaired) electrons. The number of fused-ring (bicyclic) bond motifs is 1. The molecule has 134 valence electrons. The van der Waals surface area contributed by atoms with Crippen molar-refractivity contribution in [2.75, 3.05) is 36.4 Å². The Morgan fingerprint density at radius 2 is 1.92 bits per heavy atom. The highest BCUT2D eigenvalue weighted by Crippen LogP contribution is 2.27. The lowest BCUT2D eigenvalue weighted by molar-refractivity contribution is 0.208. The standard InChI is InChI=1S/C19H21N5OS/c1-13-5-3-6-15(14(13)2)21-18(25)23-9-11-24(12-10-23)19-22-16-7-4-8-20-17(16)26-19/h3-8H,9-12H2,1-2H3,(H,21,25). The van der Waals surface area contributed by atoms with Gasteiger partial charge in [-0.3, -0.25) is 0 Å². The minimum absolute atomic E-state index is 0.0377. The van der Waals surface area contributed by atoms with Crippen molar-refractivity contribution >= 4 is 38.5 Å². The Balaban J connectivity index is 1.40. The molecule has 0 aliphatic carbocycles. The zero-order valence-corrected chi connectivity index (χ0v) is 15.7. The van der Waals surface area contributed by atoms with Crippen LogP contribution in [0.5, 0.6) is 0 Å². The first-order valence-corrected chi connectivity index (χ1v) is 9.52. The van der Waals surface area contributed by atoms with Crippen LogP contribution in [0, 0.1) is 13.8 Å². The number of nitrogens with one attached hydrogen (secondary N) is 1. The van der Waals surface area contributed by atoms with Gasteiger partial charge in [0.15, 0.2) is 5.13 Å². The number of benzene rings is 1. The predicted molar refractivity (Wildman–Crippen MR) is 106 cm³/mol. The number of anilines is 2. The van der Waals surface area contributed by atoms with Crippen LogP contribution >= 0.6 is 11.3 Å². The molecule has 3 heterocycles. The number of aryl methyl sites for hydroxylation is 1. The number of urea groups is 1. The molecule has 6 nitrogen and oxygen atoms in total. The van der Waals surface area contributed by atoms with Crippen LogP contribution in [-0.4, -0.2) is 47.1 Å². The number of carbonyl (C=O) groups excluding carboxylic acids is 1. The Morgan fingerprint density at radius 1 is 1.12 bits per heavy atom. The summed E-state index contributed by atoms with van der Waals surface area (Å²) in [6.45, 7) is 7.00. The fourth-order valence-electron chi connectivity index (χ4n) is 3.08. The van der Waals surface area contributed by atoms with Gasteiger partial charge in [-0.15, -0.1) is 0 Å². The highest BCUT2D eigenvalue weighted by Gasteiger charge is 2.23. The van der Waals surface area contributed by atoms with Crippen LogP contribution in [0.15, 0.2) is 36.5 Å². The van der Waals surface area contributed by atoms with E-state index in [0.29, 0.717) is 13.1 Å². The molecule has 0 unspecified atom stereocenters. The van der Waals surface area contributed by atoms with Gasteiger partial charge in [0.05, 0.1) is 0 Å². The van der Waals surface area contributed by atoms with Gasteiger partial charge < -0.3 is 15.1 Å². The molecule has 2 amide bonds. The summed E-state index contributed by atoms with van der Waals surface area (Å²) in [5.41, 5.74) is 4.11. The first-order chi connectivity index (χ1) is 12.6. The van der Waals surface area contributed by atoms with Crippen molar-refractivity contribution in [3.05, 3.63) is 47.7 Å². The van der Waals surface area contributed by atoms with Crippen LogP contribution in [0.1, 0.15) is 11.1 Å². The van der Waals surface area contributed by atoms with Crippen molar-refractivity contribution in [3.8, 4) is 0 Å². The second kappa shape index (κ2) is 6.92. The number of hydrogen-bond donors (Lipinski definition) is 1. The quantitative estimate of drug-likeness (QED) is 0.751. The summed E-state index contributed by atoms with van der Waals surface area (Å²) in [7, 11) is 0. The molecule has 1 saturated heterocycles. The Hall–Kier alpha value is -2.67. The molecule has 0 bridgehead atoms. The first kappa shape index (κ1) is 16.8. The fourth-order valence-corrected chi connectivity index (χ4v) is 4.04. The molecular formula is C19H21N5OS. The third-order valence-corrected chi connectivity index (χ3v) is 5.88. The number of thiazole rings is 1. The molecule has 3 aromatic rings. The Kier molecular flexibility index (Phi) is 4.46. The van der Waals surface area contributed by atoms with Gasteiger partial charge in [0.25, 0.3) is 0 Å². The van der Waals surface area contributed by atoms with Gasteiger partial charge in [0.2, 0.25) is 0 Å². The summed E-state index contributed by atoms with van der Waals surface area (Å²) < 4.78 is 0. The molecule has 1 fully saturated rings. The van der Waals surface area contributed by atoms with Crippen LogP contribution < -0.4 is 10.2 Å². The molecule has 1 aliphatic heterocycles. The summed E-state index contributed by atoms with van der Waals surface area (Å²) in [5.74, 6) is 0. The fraction of sp³-hybridized carbons (Fsp3) is 0.316. The molecule has 1 N–H and O–H groups in total. The van der Waals surface area contributed by atoms with E-state index in [9.17, 15) is 4.79 Å². The van der Waals surface area contributed by atoms with Crippen molar-refractivity contribution < 1.29 is 4.79 Å². The summed E-state index contributed by atoms with van der Waals surface area (Å²) in [4.78, 5) is 26.7. The van der Waals surface area contributed by atoms with Crippen LogP contribution in [-0.2, 0) is 0 Å². The van der Waals surface area contributed by atoms with Crippen molar-refractivity contribution in [2.45, 2.75) is 13.8 Å². The lowest BCUT2D eigenvalue weighted by atomic mass is 10.1. The summed E-state index contributed by atoms with van der Waals surface area (Å²) in [6.07, 6.45) is 1.79. The van der Waals surface area contributed by atoms with Crippen LogP contribution in [0.25, 0.3) is 10.3 Å². The molecule has 0 atom stereocenters. The summed E-state index contributed by atoms with van der Waals surface area (Å²) >= 11 is 1.60. The second-order valence-corrected chi connectivity index (χ2v) is 7.43. The third kappa shape index (κ3) is 3.22. The van der Waals surface area contributed by atoms with Gasteiger partial charge in [-0.05, 0) is 43.2 Å². The molecule has 4 rings (SSSR count).